The molecule has 4 rings (SSSR count). The summed E-state index contributed by atoms with van der Waals surface area (Å²) in [6, 6.07) is 11.3. The Morgan fingerprint density at radius 2 is 1.80 bits per heavy atom. The van der Waals surface area contributed by atoms with Crippen LogP contribution >= 0.6 is 11.8 Å². The van der Waals surface area contributed by atoms with Crippen LogP contribution in [0.25, 0.3) is 17.3 Å². The van der Waals surface area contributed by atoms with E-state index in [9.17, 15) is 9.59 Å². The molecule has 186 valence electrons. The number of piperazine rings is 1. The van der Waals surface area contributed by atoms with Crippen molar-refractivity contribution < 1.29 is 23.5 Å². The summed E-state index contributed by atoms with van der Waals surface area (Å²) >= 11 is 1.54. The van der Waals surface area contributed by atoms with Crippen LogP contribution in [0.4, 0.5) is 4.79 Å². The summed E-state index contributed by atoms with van der Waals surface area (Å²) in [6.07, 6.45) is 2.43. The normalized spacial score (nSPS) is 13.7. The van der Waals surface area contributed by atoms with Gasteiger partial charge in [0.1, 0.15) is 5.75 Å². The lowest BCUT2D eigenvalue weighted by atomic mass is 10.2. The SMILES string of the molecule is CCOC(=O)N1CCN(C(=O)CCCSc2nnc(-c3ccco3)n2-c2ccc(OC)cc2)CC1. The summed E-state index contributed by atoms with van der Waals surface area (Å²) in [4.78, 5) is 27.9. The molecule has 0 N–H and O–H groups in total. The Balaban J connectivity index is 1.34. The summed E-state index contributed by atoms with van der Waals surface area (Å²) in [5.74, 6) is 2.80. The van der Waals surface area contributed by atoms with Gasteiger partial charge in [0.15, 0.2) is 10.9 Å². The van der Waals surface area contributed by atoms with Crippen LogP contribution < -0.4 is 4.74 Å². The Kier molecular flexibility index (Phi) is 8.30. The van der Waals surface area contributed by atoms with E-state index in [2.05, 4.69) is 10.2 Å². The van der Waals surface area contributed by atoms with Crippen molar-refractivity contribution in [2.45, 2.75) is 24.9 Å². The van der Waals surface area contributed by atoms with Crippen LogP contribution in [0, 0.1) is 0 Å². The number of methoxy groups -OCH3 is 1. The van der Waals surface area contributed by atoms with Crippen LogP contribution in [-0.2, 0) is 9.53 Å². The van der Waals surface area contributed by atoms with Crippen molar-refractivity contribution in [3.8, 4) is 23.0 Å². The minimum Gasteiger partial charge on any atom is -0.497 e. The predicted octanol–water partition coefficient (Wildman–Crippen LogP) is 3.71. The number of ether oxygens (including phenoxy) is 2. The molecule has 1 saturated heterocycles. The number of thioether (sulfide) groups is 1. The topological polar surface area (TPSA) is 103 Å². The van der Waals surface area contributed by atoms with Gasteiger partial charge in [0, 0.05) is 38.4 Å². The Morgan fingerprint density at radius 3 is 2.46 bits per heavy atom. The molecule has 10 nitrogen and oxygen atoms in total. The molecule has 0 spiro atoms. The predicted molar refractivity (Wildman–Crippen MR) is 131 cm³/mol. The number of amides is 2. The van der Waals surface area contributed by atoms with Gasteiger partial charge < -0.3 is 23.7 Å². The van der Waals surface area contributed by atoms with Gasteiger partial charge in [-0.3, -0.25) is 9.36 Å². The van der Waals surface area contributed by atoms with Gasteiger partial charge in [-0.1, -0.05) is 11.8 Å². The van der Waals surface area contributed by atoms with Crippen LogP contribution in [0.3, 0.4) is 0 Å². The molecule has 1 aliphatic heterocycles. The second-order valence-corrected chi connectivity index (χ2v) is 8.90. The van der Waals surface area contributed by atoms with Crippen molar-refractivity contribution in [2.24, 2.45) is 0 Å². The van der Waals surface area contributed by atoms with Gasteiger partial charge in [-0.05, 0) is 49.7 Å². The molecular weight excluding hydrogens is 470 g/mol. The highest BCUT2D eigenvalue weighted by molar-refractivity contribution is 7.99. The first kappa shape index (κ1) is 24.6. The van der Waals surface area contributed by atoms with Crippen molar-refractivity contribution in [3.05, 3.63) is 42.7 Å². The number of carbonyl (C=O) groups is 2. The first-order chi connectivity index (χ1) is 17.1. The lowest BCUT2D eigenvalue weighted by Gasteiger charge is -2.34. The maximum Gasteiger partial charge on any atom is 0.409 e. The first-order valence-electron chi connectivity index (χ1n) is 11.6. The zero-order valence-corrected chi connectivity index (χ0v) is 20.7. The van der Waals surface area contributed by atoms with Gasteiger partial charge in [-0.25, -0.2) is 4.79 Å². The Morgan fingerprint density at radius 1 is 1.06 bits per heavy atom. The number of carbonyl (C=O) groups excluding carboxylic acids is 2. The fourth-order valence-corrected chi connectivity index (χ4v) is 4.68. The molecule has 35 heavy (non-hydrogen) atoms. The zero-order valence-electron chi connectivity index (χ0n) is 19.9. The third-order valence-electron chi connectivity index (χ3n) is 5.63. The van der Waals surface area contributed by atoms with Gasteiger partial charge in [0.25, 0.3) is 0 Å². The Bertz CT molecular complexity index is 1110. The van der Waals surface area contributed by atoms with Crippen LogP contribution in [0.2, 0.25) is 0 Å². The Labute approximate surface area is 208 Å². The van der Waals surface area contributed by atoms with E-state index >= 15 is 0 Å². The van der Waals surface area contributed by atoms with Crippen molar-refractivity contribution >= 4 is 23.8 Å². The number of furan rings is 1. The van der Waals surface area contributed by atoms with E-state index in [1.165, 1.54) is 0 Å². The summed E-state index contributed by atoms with van der Waals surface area (Å²) in [5, 5.41) is 9.45. The minimum absolute atomic E-state index is 0.0991. The van der Waals surface area contributed by atoms with E-state index in [0.717, 1.165) is 16.6 Å². The summed E-state index contributed by atoms with van der Waals surface area (Å²) < 4.78 is 17.8. The third-order valence-corrected chi connectivity index (χ3v) is 6.65. The van der Waals surface area contributed by atoms with Gasteiger partial charge in [0.2, 0.25) is 11.7 Å². The monoisotopic (exact) mass is 499 g/mol. The van der Waals surface area contributed by atoms with Crippen molar-refractivity contribution in [2.75, 3.05) is 45.6 Å². The average molecular weight is 500 g/mol. The standard InChI is InChI=1S/C24H29N5O5S/c1-3-33-24(31)28-14-12-27(13-15-28)21(30)7-5-17-35-23-26-25-22(20-6-4-16-34-20)29(23)18-8-10-19(32-2)11-9-18/h4,6,8-11,16H,3,5,7,12-15,17H2,1-2H3. The summed E-state index contributed by atoms with van der Waals surface area (Å²) in [7, 11) is 1.63. The van der Waals surface area contributed by atoms with E-state index in [4.69, 9.17) is 13.9 Å². The van der Waals surface area contributed by atoms with Gasteiger partial charge in [-0.15, -0.1) is 10.2 Å². The van der Waals surface area contributed by atoms with E-state index < -0.39 is 0 Å². The zero-order chi connectivity index (χ0) is 24.6. The smallest absolute Gasteiger partial charge is 0.409 e. The quantitative estimate of drug-likeness (QED) is 0.324. The lowest BCUT2D eigenvalue weighted by molar-refractivity contribution is -0.132. The minimum atomic E-state index is -0.314. The molecule has 3 heterocycles. The number of rotatable bonds is 9. The second-order valence-electron chi connectivity index (χ2n) is 7.84. The fourth-order valence-electron chi connectivity index (χ4n) is 3.79. The van der Waals surface area contributed by atoms with E-state index in [1.54, 1.807) is 37.0 Å². The first-order valence-corrected chi connectivity index (χ1v) is 12.5. The molecule has 1 aromatic carbocycles. The van der Waals surface area contributed by atoms with E-state index in [0.29, 0.717) is 63.0 Å². The maximum atomic E-state index is 12.6. The van der Waals surface area contributed by atoms with Crippen molar-refractivity contribution in [1.29, 1.82) is 0 Å². The van der Waals surface area contributed by atoms with Gasteiger partial charge in [-0.2, -0.15) is 0 Å². The molecule has 0 radical (unpaired) electrons. The van der Waals surface area contributed by atoms with E-state index in [1.807, 2.05) is 45.9 Å². The fraction of sp³-hybridized carbons (Fsp3) is 0.417. The lowest BCUT2D eigenvalue weighted by Crippen LogP contribution is -2.50. The molecule has 0 bridgehead atoms. The molecular formula is C24H29N5O5S. The van der Waals surface area contributed by atoms with Crippen molar-refractivity contribution in [1.82, 2.24) is 24.6 Å². The number of benzene rings is 1. The highest BCUT2D eigenvalue weighted by Gasteiger charge is 2.24. The molecule has 0 aliphatic carbocycles. The molecule has 0 saturated carbocycles. The molecule has 2 amide bonds. The molecule has 11 heteroatoms. The molecule has 3 aromatic rings. The van der Waals surface area contributed by atoms with Crippen molar-refractivity contribution in [3.63, 3.8) is 0 Å². The van der Waals surface area contributed by atoms with Crippen LogP contribution in [0.15, 0.2) is 52.2 Å². The summed E-state index contributed by atoms with van der Waals surface area (Å²) in [6.45, 7) is 4.20. The summed E-state index contributed by atoms with van der Waals surface area (Å²) in [5.41, 5.74) is 0.889. The molecule has 2 aromatic heterocycles. The number of hydrogen-bond donors (Lipinski definition) is 0. The average Bonchev–Trinajstić information content (AvgIpc) is 3.57. The van der Waals surface area contributed by atoms with Gasteiger partial charge >= 0.3 is 6.09 Å². The van der Waals surface area contributed by atoms with Crippen LogP contribution in [-0.4, -0.2) is 82.2 Å². The molecule has 0 atom stereocenters. The van der Waals surface area contributed by atoms with Gasteiger partial charge in [0.05, 0.1) is 25.7 Å². The van der Waals surface area contributed by atoms with E-state index in [-0.39, 0.29) is 12.0 Å². The Hall–Kier alpha value is -3.47. The highest BCUT2D eigenvalue weighted by Crippen LogP contribution is 2.29. The molecule has 1 aliphatic rings. The second kappa shape index (κ2) is 11.8. The van der Waals surface area contributed by atoms with Crippen LogP contribution in [0.1, 0.15) is 19.8 Å². The maximum absolute atomic E-state index is 12.6. The number of aromatic nitrogens is 3. The number of hydrogen-bond acceptors (Lipinski definition) is 8. The highest BCUT2D eigenvalue weighted by atomic mass is 32.2. The molecule has 0 unspecified atom stereocenters. The number of nitrogens with zero attached hydrogens (tertiary/aromatic N) is 5. The third kappa shape index (κ3) is 5.97. The largest absolute Gasteiger partial charge is 0.497 e. The van der Waals surface area contributed by atoms with Crippen LogP contribution in [0.5, 0.6) is 5.75 Å². The molecule has 1 fully saturated rings.